The van der Waals surface area contributed by atoms with Gasteiger partial charge in [0.15, 0.2) is 0 Å². The van der Waals surface area contributed by atoms with Crippen LogP contribution in [0.1, 0.15) is 11.3 Å². The Bertz CT molecular complexity index is 700. The van der Waals surface area contributed by atoms with Gasteiger partial charge in [-0.1, -0.05) is 11.6 Å². The van der Waals surface area contributed by atoms with Crippen LogP contribution in [0.3, 0.4) is 0 Å². The molecule has 19 heavy (non-hydrogen) atoms. The molecule has 8 heteroatoms. The van der Waals surface area contributed by atoms with Crippen molar-refractivity contribution in [2.45, 2.75) is 18.4 Å². The van der Waals surface area contributed by atoms with Gasteiger partial charge in [0.2, 0.25) is 10.0 Å². The van der Waals surface area contributed by atoms with Crippen molar-refractivity contribution in [2.75, 3.05) is 0 Å². The van der Waals surface area contributed by atoms with Gasteiger partial charge in [-0.25, -0.2) is 17.5 Å². The zero-order chi connectivity index (χ0) is 14.0. The molecule has 102 valence electrons. The second-order valence-electron chi connectivity index (χ2n) is 3.92. The lowest BCUT2D eigenvalue weighted by molar-refractivity contribution is 0.580. The molecule has 0 bridgehead atoms. The number of benzene rings is 1. The maximum atomic E-state index is 13.0. The van der Waals surface area contributed by atoms with Gasteiger partial charge in [0.25, 0.3) is 0 Å². The Morgan fingerprint density at radius 2 is 2.21 bits per heavy atom. The predicted molar refractivity (Wildman–Crippen MR) is 68.8 cm³/mol. The maximum absolute atomic E-state index is 13.0. The van der Waals surface area contributed by atoms with Crippen LogP contribution in [0.25, 0.3) is 0 Å². The molecule has 0 spiro atoms. The average Bonchev–Trinajstić information content (AvgIpc) is 2.76. The Balaban J connectivity index is 2.18. The first-order chi connectivity index (χ1) is 8.90. The number of hydrogen-bond acceptors (Lipinski definition) is 3. The van der Waals surface area contributed by atoms with Crippen LogP contribution >= 0.6 is 11.6 Å². The Kier molecular flexibility index (Phi) is 3.88. The molecule has 1 aromatic carbocycles. The number of sulfonamides is 1. The van der Waals surface area contributed by atoms with Crippen molar-refractivity contribution in [2.24, 2.45) is 0 Å². The lowest BCUT2D eigenvalue weighted by Gasteiger charge is -2.06. The fourth-order valence-corrected chi connectivity index (χ4v) is 2.73. The number of aromatic nitrogens is 2. The minimum atomic E-state index is -3.74. The third-order valence-corrected chi connectivity index (χ3v) is 4.28. The predicted octanol–water partition coefficient (Wildman–Crippen LogP) is 1.99. The fourth-order valence-electron chi connectivity index (χ4n) is 1.45. The maximum Gasteiger partial charge on any atom is 0.240 e. The largest absolute Gasteiger partial charge is 0.283 e. The van der Waals surface area contributed by atoms with Gasteiger partial charge in [0.05, 0.1) is 16.1 Å². The van der Waals surface area contributed by atoms with Gasteiger partial charge in [0, 0.05) is 17.8 Å². The van der Waals surface area contributed by atoms with Crippen molar-refractivity contribution in [1.82, 2.24) is 14.9 Å². The highest BCUT2D eigenvalue weighted by Gasteiger charge is 2.16. The molecule has 2 aromatic rings. The first kappa shape index (κ1) is 14.0. The highest BCUT2D eigenvalue weighted by atomic mass is 35.5. The zero-order valence-corrected chi connectivity index (χ0v) is 11.5. The molecule has 0 radical (unpaired) electrons. The third-order valence-electron chi connectivity index (χ3n) is 2.59. The molecular formula is C11H11ClFN3O2S. The Morgan fingerprint density at radius 3 is 2.79 bits per heavy atom. The van der Waals surface area contributed by atoms with E-state index >= 15 is 0 Å². The molecule has 0 saturated heterocycles. The molecule has 0 amide bonds. The minimum absolute atomic E-state index is 0.0833. The molecule has 0 fully saturated rings. The highest BCUT2D eigenvalue weighted by molar-refractivity contribution is 7.89. The molecule has 5 nitrogen and oxygen atoms in total. The molecule has 1 aromatic heterocycles. The van der Waals surface area contributed by atoms with E-state index in [0.717, 1.165) is 29.5 Å². The summed E-state index contributed by atoms with van der Waals surface area (Å²) in [6, 6.07) is 3.24. The van der Waals surface area contributed by atoms with Gasteiger partial charge in [-0.15, -0.1) is 0 Å². The van der Waals surface area contributed by atoms with Crippen molar-refractivity contribution < 1.29 is 12.8 Å². The first-order valence-corrected chi connectivity index (χ1v) is 7.20. The van der Waals surface area contributed by atoms with Crippen molar-refractivity contribution in [3.63, 3.8) is 0 Å². The summed E-state index contributed by atoms with van der Waals surface area (Å²) >= 11 is 5.56. The van der Waals surface area contributed by atoms with E-state index < -0.39 is 15.8 Å². The number of nitrogens with one attached hydrogen (secondary N) is 2. The molecule has 0 aliphatic carbocycles. The van der Waals surface area contributed by atoms with Gasteiger partial charge < -0.3 is 0 Å². The van der Waals surface area contributed by atoms with Gasteiger partial charge in [-0.2, -0.15) is 5.10 Å². The third kappa shape index (κ3) is 3.12. The molecule has 2 N–H and O–H groups in total. The van der Waals surface area contributed by atoms with E-state index in [-0.39, 0.29) is 16.5 Å². The molecule has 0 aliphatic rings. The monoisotopic (exact) mass is 303 g/mol. The smallest absolute Gasteiger partial charge is 0.240 e. The van der Waals surface area contributed by atoms with E-state index in [0.29, 0.717) is 0 Å². The summed E-state index contributed by atoms with van der Waals surface area (Å²) in [5, 5.41) is 6.26. The SMILES string of the molecule is Cc1[nH]ncc1CNS(=O)(=O)c1ccc(F)c(Cl)c1. The van der Waals surface area contributed by atoms with Crippen LogP contribution < -0.4 is 4.72 Å². The molecule has 0 aliphatic heterocycles. The topological polar surface area (TPSA) is 74.8 Å². The van der Waals surface area contributed by atoms with Crippen molar-refractivity contribution in [1.29, 1.82) is 0 Å². The van der Waals surface area contributed by atoms with Crippen LogP contribution in [0.2, 0.25) is 5.02 Å². The van der Waals surface area contributed by atoms with Crippen LogP contribution in [-0.4, -0.2) is 18.6 Å². The van der Waals surface area contributed by atoms with Crippen LogP contribution in [-0.2, 0) is 16.6 Å². The van der Waals surface area contributed by atoms with Gasteiger partial charge >= 0.3 is 0 Å². The normalized spacial score (nSPS) is 11.7. The second kappa shape index (κ2) is 5.28. The summed E-state index contributed by atoms with van der Waals surface area (Å²) in [7, 11) is -3.74. The molecule has 0 saturated carbocycles. The number of aromatic amines is 1. The Labute approximate surface area is 114 Å². The van der Waals surface area contributed by atoms with E-state index in [1.807, 2.05) is 0 Å². The number of rotatable bonds is 4. The van der Waals surface area contributed by atoms with Gasteiger partial charge in [0.1, 0.15) is 5.82 Å². The molecular weight excluding hydrogens is 293 g/mol. The van der Waals surface area contributed by atoms with Crippen LogP contribution in [0.5, 0.6) is 0 Å². The minimum Gasteiger partial charge on any atom is -0.283 e. The summed E-state index contributed by atoms with van der Waals surface area (Å²) in [5.41, 5.74) is 1.51. The zero-order valence-electron chi connectivity index (χ0n) is 9.94. The van der Waals surface area contributed by atoms with Crippen molar-refractivity contribution in [3.05, 3.63) is 46.5 Å². The summed E-state index contributed by atoms with van der Waals surface area (Å²) in [5.74, 6) is -0.661. The van der Waals surface area contributed by atoms with Crippen LogP contribution in [0.4, 0.5) is 4.39 Å². The first-order valence-electron chi connectivity index (χ1n) is 5.34. The Morgan fingerprint density at radius 1 is 1.47 bits per heavy atom. The van der Waals surface area contributed by atoms with E-state index in [1.54, 1.807) is 6.92 Å². The number of hydrogen-bond donors (Lipinski definition) is 2. The number of aryl methyl sites for hydroxylation is 1. The summed E-state index contributed by atoms with van der Waals surface area (Å²) < 4.78 is 39.3. The highest BCUT2D eigenvalue weighted by Crippen LogP contribution is 2.19. The van der Waals surface area contributed by atoms with Crippen LogP contribution in [0, 0.1) is 12.7 Å². The lowest BCUT2D eigenvalue weighted by atomic mass is 10.3. The van der Waals surface area contributed by atoms with Gasteiger partial charge in [-0.3, -0.25) is 5.10 Å². The van der Waals surface area contributed by atoms with E-state index in [2.05, 4.69) is 14.9 Å². The summed E-state index contributed by atoms with van der Waals surface area (Å²) in [4.78, 5) is -0.0833. The number of nitrogens with zero attached hydrogens (tertiary/aromatic N) is 1. The van der Waals surface area contributed by atoms with Crippen LogP contribution in [0.15, 0.2) is 29.3 Å². The number of H-pyrrole nitrogens is 1. The quantitative estimate of drug-likeness (QED) is 0.907. The lowest BCUT2D eigenvalue weighted by Crippen LogP contribution is -2.23. The molecule has 0 unspecified atom stereocenters. The number of halogens is 2. The van der Waals surface area contributed by atoms with E-state index in [4.69, 9.17) is 11.6 Å². The standard InChI is InChI=1S/C11H11ClFN3O2S/c1-7-8(5-14-16-7)6-15-19(17,18)9-2-3-11(13)10(12)4-9/h2-5,15H,6H2,1H3,(H,14,16). The van der Waals surface area contributed by atoms with Crippen molar-refractivity contribution >= 4 is 21.6 Å². The van der Waals surface area contributed by atoms with Gasteiger partial charge in [-0.05, 0) is 25.1 Å². The van der Waals surface area contributed by atoms with E-state index in [9.17, 15) is 12.8 Å². The Hall–Kier alpha value is -1.44. The molecule has 2 rings (SSSR count). The summed E-state index contributed by atoms with van der Waals surface area (Å²) in [6.07, 6.45) is 1.54. The van der Waals surface area contributed by atoms with Crippen molar-refractivity contribution in [3.8, 4) is 0 Å². The summed E-state index contributed by atoms with van der Waals surface area (Å²) in [6.45, 7) is 1.88. The molecule has 0 atom stereocenters. The second-order valence-corrected chi connectivity index (χ2v) is 6.09. The fraction of sp³-hybridized carbons (Fsp3) is 0.182. The van der Waals surface area contributed by atoms with E-state index in [1.165, 1.54) is 6.20 Å². The average molecular weight is 304 g/mol. The molecule has 1 heterocycles.